The lowest BCUT2D eigenvalue weighted by Crippen LogP contribution is -2.11. The molecule has 0 saturated carbocycles. The van der Waals surface area contributed by atoms with Crippen LogP contribution in [0.15, 0.2) is 42.5 Å². The van der Waals surface area contributed by atoms with Gasteiger partial charge in [0, 0.05) is 5.56 Å². The van der Waals surface area contributed by atoms with Crippen molar-refractivity contribution in [3.63, 3.8) is 0 Å². The summed E-state index contributed by atoms with van der Waals surface area (Å²) in [6.45, 7) is 0. The van der Waals surface area contributed by atoms with E-state index >= 15 is 0 Å². The van der Waals surface area contributed by atoms with E-state index in [0.29, 0.717) is 23.3 Å². The molecule has 0 unspecified atom stereocenters. The average Bonchev–Trinajstić information content (AvgIpc) is 3.14. The first-order valence-electron chi connectivity index (χ1n) is 7.97. The molecule has 0 spiro atoms. The number of halogens is 6. The predicted octanol–water partition coefficient (Wildman–Crippen LogP) is 5.55. The largest absolute Gasteiger partial charge is 0.416 e. The van der Waals surface area contributed by atoms with Crippen LogP contribution in [0.4, 0.5) is 26.3 Å². The van der Waals surface area contributed by atoms with Crippen molar-refractivity contribution in [3.05, 3.63) is 70.4 Å². The molecule has 29 heavy (non-hydrogen) atoms. The molecule has 4 nitrogen and oxygen atoms in total. The zero-order valence-electron chi connectivity index (χ0n) is 14.3. The first kappa shape index (κ1) is 20.1. The van der Waals surface area contributed by atoms with E-state index in [2.05, 4.69) is 15.4 Å². The van der Waals surface area contributed by atoms with Crippen LogP contribution in [0, 0.1) is 11.3 Å². The molecule has 0 aliphatic heterocycles. The fourth-order valence-electron chi connectivity index (χ4n) is 2.57. The molecular weight excluding hydrogens is 398 g/mol. The second-order valence-electron chi connectivity index (χ2n) is 5.95. The summed E-state index contributed by atoms with van der Waals surface area (Å²) < 4.78 is 77.7. The van der Waals surface area contributed by atoms with E-state index in [1.165, 1.54) is 6.08 Å². The van der Waals surface area contributed by atoms with Crippen LogP contribution in [0.25, 0.3) is 23.4 Å². The predicted molar refractivity (Wildman–Crippen MR) is 91.9 cm³/mol. The topological polar surface area (TPSA) is 65.4 Å². The normalized spacial score (nSPS) is 12.3. The lowest BCUT2D eigenvalue weighted by Gasteiger charge is -2.13. The highest BCUT2D eigenvalue weighted by Gasteiger charge is 2.36. The molecule has 3 rings (SSSR count). The highest BCUT2D eigenvalue weighted by Crippen LogP contribution is 2.36. The average molecular weight is 408 g/mol. The van der Waals surface area contributed by atoms with Gasteiger partial charge >= 0.3 is 12.4 Å². The van der Waals surface area contributed by atoms with Gasteiger partial charge < -0.3 is 0 Å². The van der Waals surface area contributed by atoms with Crippen LogP contribution in [0.3, 0.4) is 0 Å². The minimum absolute atomic E-state index is 0.0754. The van der Waals surface area contributed by atoms with Gasteiger partial charge in [0.2, 0.25) is 0 Å². The quantitative estimate of drug-likeness (QED) is 0.456. The summed E-state index contributed by atoms with van der Waals surface area (Å²) in [5.41, 5.74) is -1.63. The number of aromatic amines is 1. The van der Waals surface area contributed by atoms with Gasteiger partial charge in [-0.25, -0.2) is 5.10 Å². The summed E-state index contributed by atoms with van der Waals surface area (Å²) in [6, 6.07) is 9.66. The number of rotatable bonds is 3. The van der Waals surface area contributed by atoms with Crippen molar-refractivity contribution in [1.29, 1.82) is 5.26 Å². The smallest absolute Gasteiger partial charge is 0.247 e. The Labute approximate surface area is 160 Å². The third kappa shape index (κ3) is 4.63. The summed E-state index contributed by atoms with van der Waals surface area (Å²) >= 11 is 0. The molecule has 148 valence electrons. The standard InChI is InChI=1S/C19H10F6N4/c20-18(21,22)14-7-12(8-15(9-14)19(23,24)25)5-4-11-2-1-3-13(6-11)17-16(10-26)27-29-28-17/h1-9H,(H,27,28,29). The molecule has 10 heteroatoms. The number of aromatic nitrogens is 3. The van der Waals surface area contributed by atoms with Crippen LogP contribution in [0.1, 0.15) is 27.9 Å². The van der Waals surface area contributed by atoms with Gasteiger partial charge in [0.1, 0.15) is 11.8 Å². The van der Waals surface area contributed by atoms with E-state index in [1.807, 2.05) is 6.07 Å². The van der Waals surface area contributed by atoms with E-state index in [4.69, 9.17) is 5.26 Å². The van der Waals surface area contributed by atoms with Gasteiger partial charge in [0.25, 0.3) is 0 Å². The minimum atomic E-state index is -4.91. The van der Waals surface area contributed by atoms with Crippen molar-refractivity contribution in [3.8, 4) is 17.3 Å². The van der Waals surface area contributed by atoms with Gasteiger partial charge in [0.05, 0.1) is 11.1 Å². The van der Waals surface area contributed by atoms with Crippen LogP contribution in [0.5, 0.6) is 0 Å². The molecular formula is C19H10F6N4. The van der Waals surface area contributed by atoms with Crippen molar-refractivity contribution in [2.45, 2.75) is 12.4 Å². The number of benzene rings is 2. The number of H-pyrrole nitrogens is 1. The Kier molecular flexibility index (Phi) is 5.16. The van der Waals surface area contributed by atoms with Gasteiger partial charge in [-0.2, -0.15) is 31.6 Å². The Morgan fingerprint density at radius 3 is 2.07 bits per heavy atom. The van der Waals surface area contributed by atoms with Crippen LogP contribution in [0.2, 0.25) is 0 Å². The highest BCUT2D eigenvalue weighted by atomic mass is 19.4. The second-order valence-corrected chi connectivity index (χ2v) is 5.95. The molecule has 0 aliphatic rings. The van der Waals surface area contributed by atoms with Gasteiger partial charge in [-0.1, -0.05) is 35.6 Å². The monoisotopic (exact) mass is 408 g/mol. The van der Waals surface area contributed by atoms with Crippen LogP contribution in [-0.2, 0) is 12.4 Å². The summed E-state index contributed by atoms with van der Waals surface area (Å²) in [5, 5.41) is 18.8. The Balaban J connectivity index is 1.98. The summed E-state index contributed by atoms with van der Waals surface area (Å²) in [7, 11) is 0. The molecule has 1 N–H and O–H groups in total. The van der Waals surface area contributed by atoms with Crippen molar-refractivity contribution >= 4 is 12.2 Å². The molecule has 3 aromatic rings. The van der Waals surface area contributed by atoms with Gasteiger partial charge in [-0.15, -0.1) is 5.10 Å². The van der Waals surface area contributed by atoms with Gasteiger partial charge in [0.15, 0.2) is 5.69 Å². The molecule has 0 bridgehead atoms. The Morgan fingerprint density at radius 2 is 1.48 bits per heavy atom. The van der Waals surface area contributed by atoms with Crippen molar-refractivity contribution < 1.29 is 26.3 Å². The Hall–Kier alpha value is -3.61. The molecule has 0 aliphatic carbocycles. The van der Waals surface area contributed by atoms with Crippen molar-refractivity contribution in [2.75, 3.05) is 0 Å². The number of nitriles is 1. The molecule has 1 aromatic heterocycles. The van der Waals surface area contributed by atoms with Crippen LogP contribution < -0.4 is 0 Å². The van der Waals surface area contributed by atoms with Crippen molar-refractivity contribution in [1.82, 2.24) is 15.4 Å². The molecule has 0 saturated heterocycles. The van der Waals surface area contributed by atoms with E-state index < -0.39 is 23.5 Å². The van der Waals surface area contributed by atoms with E-state index in [9.17, 15) is 26.3 Å². The maximum absolute atomic E-state index is 12.9. The van der Waals surface area contributed by atoms with E-state index in [-0.39, 0.29) is 23.0 Å². The molecule has 2 aromatic carbocycles. The highest BCUT2D eigenvalue weighted by molar-refractivity contribution is 5.74. The zero-order chi connectivity index (χ0) is 21.2. The van der Waals surface area contributed by atoms with Gasteiger partial charge in [-0.05, 0) is 35.4 Å². The third-order valence-corrected chi connectivity index (χ3v) is 3.90. The molecule has 0 radical (unpaired) electrons. The fraction of sp³-hybridized carbons (Fsp3) is 0.105. The minimum Gasteiger partial charge on any atom is -0.247 e. The SMILES string of the molecule is N#Cc1[nH]nnc1-c1cccc(C=Cc2cc(C(F)(F)F)cc(C(F)(F)F)c2)c1. The second kappa shape index (κ2) is 7.43. The first-order chi connectivity index (χ1) is 13.6. The maximum Gasteiger partial charge on any atom is 0.416 e. The molecule has 0 amide bonds. The van der Waals surface area contributed by atoms with Gasteiger partial charge in [-0.3, -0.25) is 0 Å². The Morgan fingerprint density at radius 1 is 0.862 bits per heavy atom. The van der Waals surface area contributed by atoms with E-state index in [1.54, 1.807) is 24.3 Å². The number of nitrogens with one attached hydrogen (secondary N) is 1. The summed E-state index contributed by atoms with van der Waals surface area (Å²) in [6.07, 6.45) is -7.31. The third-order valence-electron chi connectivity index (χ3n) is 3.90. The number of hydrogen-bond acceptors (Lipinski definition) is 3. The Bertz CT molecular complexity index is 1070. The zero-order valence-corrected chi connectivity index (χ0v) is 14.3. The lowest BCUT2D eigenvalue weighted by molar-refractivity contribution is -0.143. The number of hydrogen-bond donors (Lipinski definition) is 1. The molecule has 0 atom stereocenters. The van der Waals surface area contributed by atoms with E-state index in [0.717, 1.165) is 6.08 Å². The first-order valence-corrected chi connectivity index (χ1v) is 7.97. The fourth-order valence-corrected chi connectivity index (χ4v) is 2.57. The molecule has 1 heterocycles. The molecule has 0 fully saturated rings. The number of alkyl halides is 6. The summed E-state index contributed by atoms with van der Waals surface area (Å²) in [4.78, 5) is 0. The summed E-state index contributed by atoms with van der Waals surface area (Å²) in [5.74, 6) is 0. The lowest BCUT2D eigenvalue weighted by atomic mass is 10.0. The van der Waals surface area contributed by atoms with Crippen LogP contribution >= 0.6 is 0 Å². The number of nitrogens with zero attached hydrogens (tertiary/aromatic N) is 3. The van der Waals surface area contributed by atoms with Crippen LogP contribution in [-0.4, -0.2) is 15.4 Å². The maximum atomic E-state index is 12.9. The van der Waals surface area contributed by atoms with Crippen molar-refractivity contribution in [2.24, 2.45) is 0 Å².